The first-order valence-corrected chi connectivity index (χ1v) is 10.9. The molecular weight excluding hydrogens is 350 g/mol. The lowest BCUT2D eigenvalue weighted by Gasteiger charge is -2.59. The van der Waals surface area contributed by atoms with E-state index in [2.05, 4.69) is 12.2 Å². The van der Waals surface area contributed by atoms with Crippen LogP contribution in [0.3, 0.4) is 0 Å². The van der Waals surface area contributed by atoms with Gasteiger partial charge in [-0.15, -0.1) is 0 Å². The lowest BCUT2D eigenvalue weighted by Crippen LogP contribution is -2.55. The molecule has 1 aromatic carbocycles. The van der Waals surface area contributed by atoms with Crippen molar-refractivity contribution in [2.75, 3.05) is 0 Å². The molecule has 0 radical (unpaired) electrons. The minimum absolute atomic E-state index is 0.0510. The number of hydrogen-bond donors (Lipinski definition) is 1. The summed E-state index contributed by atoms with van der Waals surface area (Å²) in [5.41, 5.74) is 0.893. The predicted octanol–water partition coefficient (Wildman–Crippen LogP) is 4.77. The fourth-order valence-corrected chi connectivity index (χ4v) is 6.93. The Morgan fingerprint density at radius 2 is 1.71 bits per heavy atom. The predicted molar refractivity (Wildman–Crippen MR) is 108 cm³/mol. The zero-order chi connectivity index (χ0) is 19.7. The van der Waals surface area contributed by atoms with Gasteiger partial charge in [0.2, 0.25) is 0 Å². The molecule has 0 aromatic heterocycles. The number of fused-ring (bicyclic) bond motifs is 1. The Hall–Kier alpha value is -1.84. The molecule has 4 heteroatoms. The Bertz CT molecular complexity index is 805. The third-order valence-electron chi connectivity index (χ3n) is 7.87. The molecule has 6 rings (SSSR count). The van der Waals surface area contributed by atoms with Crippen LogP contribution in [0.25, 0.3) is 0 Å². The molecule has 150 valence electrons. The number of carbonyl (C=O) groups is 2. The summed E-state index contributed by atoms with van der Waals surface area (Å²) in [4.78, 5) is 25.5. The van der Waals surface area contributed by atoms with E-state index in [-0.39, 0.29) is 23.1 Å². The molecule has 4 aliphatic carbocycles. The Labute approximate surface area is 167 Å². The number of hydrogen-bond acceptors (Lipinski definition) is 3. The highest BCUT2D eigenvalue weighted by molar-refractivity contribution is 6.03. The van der Waals surface area contributed by atoms with E-state index in [9.17, 15) is 9.59 Å². The molecule has 4 saturated carbocycles. The van der Waals surface area contributed by atoms with Crippen LogP contribution in [0.15, 0.2) is 18.2 Å². The van der Waals surface area contributed by atoms with Gasteiger partial charge in [-0.3, -0.25) is 9.59 Å². The van der Waals surface area contributed by atoms with Crippen molar-refractivity contribution in [3.63, 3.8) is 0 Å². The monoisotopic (exact) mass is 381 g/mol. The van der Waals surface area contributed by atoms with Gasteiger partial charge in [0.1, 0.15) is 11.4 Å². The Kier molecular flexibility index (Phi) is 3.95. The van der Waals surface area contributed by atoms with Crippen LogP contribution in [0.4, 0.5) is 0 Å². The molecule has 1 N–H and O–H groups in total. The van der Waals surface area contributed by atoms with E-state index in [1.54, 1.807) is 18.2 Å². The molecule has 1 amide bonds. The van der Waals surface area contributed by atoms with Crippen LogP contribution in [0.1, 0.15) is 86.4 Å². The first kappa shape index (κ1) is 18.2. The minimum Gasteiger partial charge on any atom is -0.487 e. The van der Waals surface area contributed by atoms with Crippen LogP contribution in [-0.2, 0) is 0 Å². The van der Waals surface area contributed by atoms with Crippen LogP contribution < -0.4 is 10.1 Å². The van der Waals surface area contributed by atoms with Gasteiger partial charge < -0.3 is 10.1 Å². The molecule has 4 fully saturated rings. The molecular formula is C24H31NO3. The average Bonchev–Trinajstić information content (AvgIpc) is 2.59. The highest BCUT2D eigenvalue weighted by atomic mass is 16.5. The standard InChI is InChI=1S/C24H31NO3/c1-14(24-10-15-6-16(11-24)8-17(7-15)12-24)25-22(27)18-4-5-21-19(9-18)20(26)13-23(2,3)28-21/h4-5,9,14-17H,6-8,10-13H2,1-3H3,(H,25,27). The maximum Gasteiger partial charge on any atom is 0.251 e. The second-order valence-electron chi connectivity index (χ2n) is 10.6. The summed E-state index contributed by atoms with van der Waals surface area (Å²) < 4.78 is 5.92. The van der Waals surface area contributed by atoms with Gasteiger partial charge in [-0.1, -0.05) is 0 Å². The van der Waals surface area contributed by atoms with Crippen LogP contribution in [0, 0.1) is 23.2 Å². The van der Waals surface area contributed by atoms with Crippen LogP contribution in [0.2, 0.25) is 0 Å². The van der Waals surface area contributed by atoms with Gasteiger partial charge >= 0.3 is 0 Å². The highest BCUT2D eigenvalue weighted by Gasteiger charge is 2.53. The summed E-state index contributed by atoms with van der Waals surface area (Å²) in [6, 6.07) is 5.46. The minimum atomic E-state index is -0.485. The molecule has 4 bridgehead atoms. The third kappa shape index (κ3) is 2.96. The molecule has 1 atom stereocenters. The Morgan fingerprint density at radius 3 is 2.32 bits per heavy atom. The van der Waals surface area contributed by atoms with Crippen LogP contribution in [0.5, 0.6) is 5.75 Å². The topological polar surface area (TPSA) is 55.4 Å². The summed E-state index contributed by atoms with van der Waals surface area (Å²) >= 11 is 0. The first-order valence-electron chi connectivity index (χ1n) is 10.9. The summed E-state index contributed by atoms with van der Waals surface area (Å²) in [6.07, 6.45) is 8.37. The summed E-state index contributed by atoms with van der Waals surface area (Å²) in [5.74, 6) is 3.18. The molecule has 1 unspecified atom stereocenters. The number of carbonyl (C=O) groups excluding carboxylic acids is 2. The van der Waals surface area contributed by atoms with Crippen LogP contribution in [-0.4, -0.2) is 23.3 Å². The van der Waals surface area contributed by atoms with E-state index in [1.807, 2.05) is 13.8 Å². The smallest absolute Gasteiger partial charge is 0.251 e. The number of ether oxygens (including phenoxy) is 1. The first-order chi connectivity index (χ1) is 13.2. The van der Waals surface area contributed by atoms with Gasteiger partial charge in [0.15, 0.2) is 5.78 Å². The highest BCUT2D eigenvalue weighted by Crippen LogP contribution is 2.61. The average molecular weight is 382 g/mol. The molecule has 1 aromatic rings. The van der Waals surface area contributed by atoms with Crippen molar-refractivity contribution < 1.29 is 14.3 Å². The second kappa shape index (κ2) is 6.08. The van der Waals surface area contributed by atoms with Gasteiger partial charge in [-0.05, 0) is 101 Å². The van der Waals surface area contributed by atoms with Gasteiger partial charge in [0, 0.05) is 11.6 Å². The molecule has 0 spiro atoms. The van der Waals surface area contributed by atoms with Crippen molar-refractivity contribution in [1.29, 1.82) is 0 Å². The van der Waals surface area contributed by atoms with E-state index in [0.717, 1.165) is 17.8 Å². The zero-order valence-electron chi connectivity index (χ0n) is 17.2. The van der Waals surface area contributed by atoms with E-state index >= 15 is 0 Å². The van der Waals surface area contributed by atoms with Gasteiger partial charge in [0.25, 0.3) is 5.91 Å². The number of amides is 1. The van der Waals surface area contributed by atoms with Gasteiger partial charge in [0.05, 0.1) is 12.0 Å². The lowest BCUT2D eigenvalue weighted by atomic mass is 9.48. The van der Waals surface area contributed by atoms with E-state index in [4.69, 9.17) is 4.74 Å². The number of Topliss-reactive ketones (excluding diaryl/α,β-unsaturated/α-hetero) is 1. The molecule has 28 heavy (non-hydrogen) atoms. The van der Waals surface area contributed by atoms with Gasteiger partial charge in [-0.25, -0.2) is 0 Å². The molecule has 5 aliphatic rings. The van der Waals surface area contributed by atoms with Gasteiger partial charge in [-0.2, -0.15) is 0 Å². The summed E-state index contributed by atoms with van der Waals surface area (Å²) in [7, 11) is 0. The van der Waals surface area contributed by atoms with E-state index in [0.29, 0.717) is 23.3 Å². The van der Waals surface area contributed by atoms with Crippen LogP contribution >= 0.6 is 0 Å². The number of ketones is 1. The fourth-order valence-electron chi connectivity index (χ4n) is 6.93. The second-order valence-corrected chi connectivity index (χ2v) is 10.6. The van der Waals surface area contributed by atoms with Crippen molar-refractivity contribution in [3.05, 3.63) is 29.3 Å². The number of rotatable bonds is 3. The number of nitrogens with one attached hydrogen (secondary N) is 1. The molecule has 0 saturated heterocycles. The molecule has 1 heterocycles. The SMILES string of the molecule is CC(NC(=O)c1ccc2c(c1)C(=O)CC(C)(C)O2)C12CC3CC(CC(C3)C1)C2. The lowest BCUT2D eigenvalue weighted by molar-refractivity contribution is -0.0688. The van der Waals surface area contributed by atoms with E-state index in [1.165, 1.54) is 38.5 Å². The fraction of sp³-hybridized carbons (Fsp3) is 0.667. The maximum atomic E-state index is 13.0. The number of benzene rings is 1. The Balaban J connectivity index is 1.34. The zero-order valence-corrected chi connectivity index (χ0v) is 17.2. The molecule has 1 aliphatic heterocycles. The quantitative estimate of drug-likeness (QED) is 0.821. The van der Waals surface area contributed by atoms with Crippen molar-refractivity contribution in [1.82, 2.24) is 5.32 Å². The largest absolute Gasteiger partial charge is 0.487 e. The summed E-state index contributed by atoms with van der Waals surface area (Å²) in [6.45, 7) is 6.03. The van der Waals surface area contributed by atoms with Crippen molar-refractivity contribution in [3.8, 4) is 5.75 Å². The van der Waals surface area contributed by atoms with Crippen molar-refractivity contribution >= 4 is 11.7 Å². The van der Waals surface area contributed by atoms with Crippen molar-refractivity contribution in [2.45, 2.75) is 77.4 Å². The van der Waals surface area contributed by atoms with Crippen molar-refractivity contribution in [2.24, 2.45) is 23.2 Å². The van der Waals surface area contributed by atoms with E-state index < -0.39 is 5.60 Å². The normalized spacial score (nSPS) is 35.8. The third-order valence-corrected chi connectivity index (χ3v) is 7.87. The maximum absolute atomic E-state index is 13.0. The Morgan fingerprint density at radius 1 is 1.11 bits per heavy atom. The molecule has 4 nitrogen and oxygen atoms in total. The summed E-state index contributed by atoms with van der Waals surface area (Å²) in [5, 5.41) is 3.30.